The van der Waals surface area contributed by atoms with Crippen molar-refractivity contribution in [2.45, 2.75) is 52.2 Å². The summed E-state index contributed by atoms with van der Waals surface area (Å²) in [5.74, 6) is 0.534. The summed E-state index contributed by atoms with van der Waals surface area (Å²) in [7, 11) is 0. The van der Waals surface area contributed by atoms with E-state index >= 15 is 0 Å². The lowest BCUT2D eigenvalue weighted by Gasteiger charge is -2.40. The molecule has 1 saturated heterocycles. The zero-order valence-corrected chi connectivity index (χ0v) is 11.9. The van der Waals surface area contributed by atoms with E-state index in [0.717, 1.165) is 25.9 Å². The summed E-state index contributed by atoms with van der Waals surface area (Å²) < 4.78 is 0. The quantitative estimate of drug-likeness (QED) is 0.756. The van der Waals surface area contributed by atoms with E-state index in [0.29, 0.717) is 11.3 Å². The topological polar surface area (TPSA) is 20.3 Å². The fourth-order valence-electron chi connectivity index (χ4n) is 2.09. The maximum Gasteiger partial charge on any atom is 0.235 e. The smallest absolute Gasteiger partial charge is 0.235 e. The number of carbonyl (C=O) groups is 1. The Morgan fingerprint density at radius 1 is 1.38 bits per heavy atom. The number of likely N-dealkylation sites (tertiary alicyclic amines) is 1. The minimum absolute atomic E-state index is 0.133. The van der Waals surface area contributed by atoms with E-state index in [9.17, 15) is 4.79 Å². The van der Waals surface area contributed by atoms with Crippen LogP contribution in [0, 0.1) is 11.3 Å². The minimum atomic E-state index is -0.133. The van der Waals surface area contributed by atoms with Gasteiger partial charge in [-0.05, 0) is 24.2 Å². The third kappa shape index (κ3) is 3.16. The molecule has 2 nitrogen and oxygen atoms in total. The largest absolute Gasteiger partial charge is 0.342 e. The zero-order chi connectivity index (χ0) is 12.3. The molecule has 1 rings (SSSR count). The van der Waals surface area contributed by atoms with Gasteiger partial charge < -0.3 is 4.90 Å². The van der Waals surface area contributed by atoms with E-state index in [2.05, 4.69) is 40.3 Å². The van der Waals surface area contributed by atoms with Crippen molar-refractivity contribution in [2.24, 2.45) is 11.3 Å². The fourth-order valence-corrected chi connectivity index (χ4v) is 2.26. The molecule has 1 atom stereocenters. The summed E-state index contributed by atoms with van der Waals surface area (Å²) in [5, 5.41) is -0.133. The van der Waals surface area contributed by atoms with Crippen LogP contribution in [0.25, 0.3) is 0 Å². The van der Waals surface area contributed by atoms with Crippen molar-refractivity contribution in [3.63, 3.8) is 0 Å². The summed E-state index contributed by atoms with van der Waals surface area (Å²) in [4.78, 5) is 14.1. The van der Waals surface area contributed by atoms with Crippen LogP contribution in [0.5, 0.6) is 0 Å². The van der Waals surface area contributed by atoms with Crippen molar-refractivity contribution in [1.82, 2.24) is 4.90 Å². The Bertz CT molecular complexity index is 244. The Morgan fingerprint density at radius 2 is 1.88 bits per heavy atom. The number of amides is 1. The molecule has 94 valence electrons. The molecule has 1 heterocycles. The second-order valence-electron chi connectivity index (χ2n) is 5.68. The molecule has 1 unspecified atom stereocenters. The molecule has 0 radical (unpaired) electrons. The molecule has 0 aromatic heterocycles. The summed E-state index contributed by atoms with van der Waals surface area (Å²) in [6.07, 6.45) is 3.48. The lowest BCUT2D eigenvalue weighted by atomic mass is 9.78. The van der Waals surface area contributed by atoms with Gasteiger partial charge in [-0.3, -0.25) is 4.79 Å². The maximum absolute atomic E-state index is 12.1. The molecular formula is C13H25NOS. The van der Waals surface area contributed by atoms with Crippen molar-refractivity contribution in [2.75, 3.05) is 13.1 Å². The van der Waals surface area contributed by atoms with Crippen LogP contribution in [0.2, 0.25) is 0 Å². The molecular weight excluding hydrogens is 218 g/mol. The van der Waals surface area contributed by atoms with Gasteiger partial charge in [-0.1, -0.05) is 34.1 Å². The number of piperidine rings is 1. The van der Waals surface area contributed by atoms with Crippen LogP contribution in [-0.4, -0.2) is 29.1 Å². The number of rotatable bonds is 3. The molecule has 3 heteroatoms. The SMILES string of the molecule is CCC1(C)CCN(C(=O)C(S)C(C)C)CC1. The average Bonchev–Trinajstić information content (AvgIpc) is 2.28. The maximum atomic E-state index is 12.1. The molecule has 1 fully saturated rings. The second-order valence-corrected chi connectivity index (χ2v) is 6.23. The molecule has 16 heavy (non-hydrogen) atoms. The first kappa shape index (κ1) is 13.9. The van der Waals surface area contributed by atoms with Crippen molar-refractivity contribution >= 4 is 18.5 Å². The van der Waals surface area contributed by atoms with Gasteiger partial charge in [-0.15, -0.1) is 0 Å². The number of hydrogen-bond acceptors (Lipinski definition) is 2. The van der Waals surface area contributed by atoms with Crippen molar-refractivity contribution in [3.8, 4) is 0 Å². The predicted molar refractivity (Wildman–Crippen MR) is 71.8 cm³/mol. The van der Waals surface area contributed by atoms with Gasteiger partial charge in [0, 0.05) is 13.1 Å². The molecule has 0 N–H and O–H groups in total. The highest BCUT2D eigenvalue weighted by molar-refractivity contribution is 7.81. The molecule has 1 amide bonds. The number of carbonyl (C=O) groups excluding carboxylic acids is 1. The Morgan fingerprint density at radius 3 is 2.25 bits per heavy atom. The first-order chi connectivity index (χ1) is 7.39. The van der Waals surface area contributed by atoms with Crippen LogP contribution in [0.1, 0.15) is 47.0 Å². The monoisotopic (exact) mass is 243 g/mol. The highest BCUT2D eigenvalue weighted by atomic mass is 32.1. The molecule has 1 aliphatic rings. The van der Waals surface area contributed by atoms with E-state index in [1.54, 1.807) is 0 Å². The Kier molecular flexibility index (Phi) is 4.72. The Hall–Kier alpha value is -0.180. The van der Waals surface area contributed by atoms with Crippen LogP contribution in [0.3, 0.4) is 0 Å². The summed E-state index contributed by atoms with van der Waals surface area (Å²) >= 11 is 4.41. The third-order valence-corrected chi connectivity index (χ3v) is 4.84. The molecule has 0 spiro atoms. The van der Waals surface area contributed by atoms with E-state index < -0.39 is 0 Å². The van der Waals surface area contributed by atoms with Crippen LogP contribution in [0.4, 0.5) is 0 Å². The van der Waals surface area contributed by atoms with Gasteiger partial charge in [-0.2, -0.15) is 12.6 Å². The Labute approximate surface area is 105 Å². The van der Waals surface area contributed by atoms with Crippen LogP contribution in [-0.2, 0) is 4.79 Å². The highest BCUT2D eigenvalue weighted by Crippen LogP contribution is 2.34. The van der Waals surface area contributed by atoms with E-state index in [1.165, 1.54) is 6.42 Å². The molecule has 0 saturated carbocycles. The van der Waals surface area contributed by atoms with Gasteiger partial charge in [0.05, 0.1) is 5.25 Å². The third-order valence-electron chi connectivity index (χ3n) is 4.02. The number of nitrogens with zero attached hydrogens (tertiary/aromatic N) is 1. The number of thiol groups is 1. The number of hydrogen-bond donors (Lipinski definition) is 1. The zero-order valence-electron chi connectivity index (χ0n) is 11.0. The van der Waals surface area contributed by atoms with E-state index in [4.69, 9.17) is 0 Å². The van der Waals surface area contributed by atoms with Crippen LogP contribution < -0.4 is 0 Å². The standard InChI is InChI=1S/C13H25NOS/c1-5-13(4)6-8-14(9-7-13)12(15)11(16)10(2)3/h10-11,16H,5-9H2,1-4H3. The van der Waals surface area contributed by atoms with E-state index in [1.807, 2.05) is 4.90 Å². The lowest BCUT2D eigenvalue weighted by molar-refractivity contribution is -0.133. The molecule has 0 aromatic rings. The molecule has 0 aromatic carbocycles. The predicted octanol–water partition coefficient (Wildman–Crippen LogP) is 2.98. The van der Waals surface area contributed by atoms with Crippen LogP contribution in [0.15, 0.2) is 0 Å². The molecule has 1 aliphatic heterocycles. The van der Waals surface area contributed by atoms with Gasteiger partial charge in [0.2, 0.25) is 5.91 Å². The first-order valence-electron chi connectivity index (χ1n) is 6.36. The molecule has 0 bridgehead atoms. The van der Waals surface area contributed by atoms with Gasteiger partial charge in [0.25, 0.3) is 0 Å². The van der Waals surface area contributed by atoms with Crippen molar-refractivity contribution in [1.29, 1.82) is 0 Å². The van der Waals surface area contributed by atoms with E-state index in [-0.39, 0.29) is 11.2 Å². The fraction of sp³-hybridized carbons (Fsp3) is 0.923. The Balaban J connectivity index is 2.51. The first-order valence-corrected chi connectivity index (χ1v) is 6.88. The normalized spacial score (nSPS) is 22.2. The van der Waals surface area contributed by atoms with Gasteiger partial charge in [-0.25, -0.2) is 0 Å². The van der Waals surface area contributed by atoms with Crippen molar-refractivity contribution < 1.29 is 4.79 Å². The highest BCUT2D eigenvalue weighted by Gasteiger charge is 2.32. The van der Waals surface area contributed by atoms with Gasteiger partial charge >= 0.3 is 0 Å². The molecule has 0 aliphatic carbocycles. The van der Waals surface area contributed by atoms with Crippen molar-refractivity contribution in [3.05, 3.63) is 0 Å². The summed E-state index contributed by atoms with van der Waals surface area (Å²) in [5.41, 5.74) is 0.445. The van der Waals surface area contributed by atoms with Gasteiger partial charge in [0.15, 0.2) is 0 Å². The van der Waals surface area contributed by atoms with Gasteiger partial charge in [0.1, 0.15) is 0 Å². The lowest BCUT2D eigenvalue weighted by Crippen LogP contribution is -2.46. The average molecular weight is 243 g/mol. The summed E-state index contributed by atoms with van der Waals surface area (Å²) in [6, 6.07) is 0. The second kappa shape index (κ2) is 5.44. The van der Waals surface area contributed by atoms with Crippen LogP contribution >= 0.6 is 12.6 Å². The summed E-state index contributed by atoms with van der Waals surface area (Å²) in [6.45, 7) is 10.5. The minimum Gasteiger partial charge on any atom is -0.342 e.